The predicted molar refractivity (Wildman–Crippen MR) is 155 cm³/mol. The van der Waals surface area contributed by atoms with Crippen LogP contribution in [0.15, 0.2) is 43.0 Å². The van der Waals surface area contributed by atoms with Crippen LogP contribution in [0.2, 0.25) is 30.7 Å². The van der Waals surface area contributed by atoms with E-state index in [1.54, 1.807) is 12.3 Å². The summed E-state index contributed by atoms with van der Waals surface area (Å²) in [7, 11) is -1.41. The number of aromatic nitrogens is 5. The Morgan fingerprint density at radius 3 is 2.63 bits per heavy atom. The lowest BCUT2D eigenvalue weighted by Crippen LogP contribution is -2.22. The van der Waals surface area contributed by atoms with Crippen molar-refractivity contribution in [1.29, 1.82) is 0 Å². The molecule has 4 aromatic rings. The van der Waals surface area contributed by atoms with Crippen LogP contribution in [0, 0.1) is 0 Å². The number of amides is 2. The minimum atomic E-state index is -3.20. The number of halogens is 3. The van der Waals surface area contributed by atoms with Crippen LogP contribution in [-0.4, -0.2) is 70.9 Å². The van der Waals surface area contributed by atoms with E-state index >= 15 is 0 Å². The van der Waals surface area contributed by atoms with E-state index in [1.807, 2.05) is 0 Å². The molecular formula is C26H30ClF2N7O6Si. The standard InChI is InChI=1S/C26H30ClF2N7O6Si/c1-43(2,3)10-9-39-15-36-22(19(14-33-36)34-24(37)17-13-32-35-6-4-5-31-23(17)35)16-11-21(40-7-8-41-26(30)38)18(27)12-20(16)42-25(28)29/h4-6,11-14,25H,7-10,15H2,1-3H3,(H2,30,38)(H,34,37). The number of fused-ring (bicyclic) bond motifs is 1. The molecule has 0 atom stereocenters. The topological polar surface area (TPSA) is 157 Å². The molecule has 0 bridgehead atoms. The van der Waals surface area contributed by atoms with Crippen LogP contribution >= 0.6 is 11.6 Å². The first kappa shape index (κ1) is 31.6. The second-order valence-electron chi connectivity index (χ2n) is 10.3. The van der Waals surface area contributed by atoms with E-state index in [4.69, 9.17) is 31.5 Å². The van der Waals surface area contributed by atoms with Gasteiger partial charge in [-0.2, -0.15) is 19.0 Å². The largest absolute Gasteiger partial charge is 0.488 e. The summed E-state index contributed by atoms with van der Waals surface area (Å²) < 4.78 is 50.8. The van der Waals surface area contributed by atoms with Gasteiger partial charge in [0.1, 0.15) is 37.0 Å². The van der Waals surface area contributed by atoms with Gasteiger partial charge in [-0.3, -0.25) is 4.79 Å². The van der Waals surface area contributed by atoms with Gasteiger partial charge in [0.15, 0.2) is 5.65 Å². The van der Waals surface area contributed by atoms with Gasteiger partial charge in [0, 0.05) is 38.7 Å². The normalized spacial score (nSPS) is 11.6. The molecule has 0 spiro atoms. The highest BCUT2D eigenvalue weighted by Crippen LogP contribution is 2.42. The van der Waals surface area contributed by atoms with Crippen LogP contribution < -0.4 is 20.5 Å². The molecule has 3 aromatic heterocycles. The third-order valence-electron chi connectivity index (χ3n) is 5.91. The number of carbonyl (C=O) groups is 2. The fourth-order valence-corrected chi connectivity index (χ4v) is 4.85. The van der Waals surface area contributed by atoms with Gasteiger partial charge in [-0.05, 0) is 18.2 Å². The van der Waals surface area contributed by atoms with Crippen molar-refractivity contribution in [3.05, 3.63) is 53.6 Å². The van der Waals surface area contributed by atoms with Gasteiger partial charge in [-0.15, -0.1) is 0 Å². The summed E-state index contributed by atoms with van der Waals surface area (Å²) >= 11 is 6.31. The highest BCUT2D eigenvalue weighted by molar-refractivity contribution is 6.76. The molecule has 3 N–H and O–H groups in total. The van der Waals surface area contributed by atoms with Crippen LogP contribution in [0.5, 0.6) is 11.5 Å². The minimum Gasteiger partial charge on any atom is -0.488 e. The van der Waals surface area contributed by atoms with E-state index in [9.17, 15) is 18.4 Å². The van der Waals surface area contributed by atoms with Gasteiger partial charge in [-0.1, -0.05) is 31.2 Å². The highest BCUT2D eigenvalue weighted by Gasteiger charge is 2.25. The zero-order valence-electron chi connectivity index (χ0n) is 23.6. The van der Waals surface area contributed by atoms with E-state index in [-0.39, 0.29) is 59.0 Å². The number of anilines is 1. The van der Waals surface area contributed by atoms with Crippen molar-refractivity contribution in [2.45, 2.75) is 39.0 Å². The third kappa shape index (κ3) is 8.39. The molecule has 0 aliphatic rings. The Balaban J connectivity index is 1.73. The van der Waals surface area contributed by atoms with Crippen molar-refractivity contribution in [3.8, 4) is 22.8 Å². The molecule has 17 heteroatoms. The minimum absolute atomic E-state index is 0.0565. The molecular weight excluding hydrogens is 608 g/mol. The highest BCUT2D eigenvalue weighted by atomic mass is 35.5. The number of rotatable bonds is 14. The smallest absolute Gasteiger partial charge is 0.404 e. The molecule has 4 rings (SSSR count). The van der Waals surface area contributed by atoms with Crippen molar-refractivity contribution in [3.63, 3.8) is 0 Å². The lowest BCUT2D eigenvalue weighted by molar-refractivity contribution is -0.0495. The van der Waals surface area contributed by atoms with E-state index in [1.165, 1.54) is 33.9 Å². The number of hydrogen-bond acceptors (Lipinski definition) is 9. The maximum absolute atomic E-state index is 13.5. The number of carbonyl (C=O) groups excluding carboxylic acids is 2. The Labute approximate surface area is 250 Å². The molecule has 43 heavy (non-hydrogen) atoms. The molecule has 0 radical (unpaired) electrons. The summed E-state index contributed by atoms with van der Waals surface area (Å²) in [4.78, 5) is 28.4. The third-order valence-corrected chi connectivity index (χ3v) is 7.91. The maximum Gasteiger partial charge on any atom is 0.404 e. The van der Waals surface area contributed by atoms with E-state index in [0.29, 0.717) is 12.3 Å². The number of benzene rings is 1. The Morgan fingerprint density at radius 1 is 1.12 bits per heavy atom. The van der Waals surface area contributed by atoms with E-state index in [2.05, 4.69) is 44.9 Å². The zero-order chi connectivity index (χ0) is 31.1. The van der Waals surface area contributed by atoms with Crippen molar-refractivity contribution < 1.29 is 37.3 Å². The van der Waals surface area contributed by atoms with Crippen molar-refractivity contribution in [1.82, 2.24) is 24.4 Å². The molecule has 0 fully saturated rings. The summed E-state index contributed by atoms with van der Waals surface area (Å²) in [6, 6.07) is 5.04. The number of nitrogens with zero attached hydrogens (tertiary/aromatic N) is 5. The number of hydrogen-bond donors (Lipinski definition) is 2. The molecule has 0 saturated carbocycles. The Bertz CT molecular complexity index is 1590. The zero-order valence-corrected chi connectivity index (χ0v) is 25.3. The summed E-state index contributed by atoms with van der Waals surface area (Å²) in [5.74, 6) is -0.819. The molecule has 2 amide bonds. The van der Waals surface area contributed by atoms with Gasteiger partial charge in [0.2, 0.25) is 0 Å². The number of alkyl halides is 2. The monoisotopic (exact) mass is 637 g/mol. The first-order valence-corrected chi connectivity index (χ1v) is 17.1. The predicted octanol–water partition coefficient (Wildman–Crippen LogP) is 4.89. The van der Waals surface area contributed by atoms with E-state index in [0.717, 1.165) is 12.1 Å². The second kappa shape index (κ2) is 13.8. The maximum atomic E-state index is 13.5. The van der Waals surface area contributed by atoms with Crippen LogP contribution in [0.25, 0.3) is 16.9 Å². The average molecular weight is 638 g/mol. The molecule has 13 nitrogen and oxygen atoms in total. The molecule has 0 saturated heterocycles. The van der Waals surface area contributed by atoms with Crippen molar-refractivity contribution in [2.24, 2.45) is 5.73 Å². The van der Waals surface area contributed by atoms with E-state index < -0.39 is 26.7 Å². The number of ether oxygens (including phenoxy) is 4. The molecule has 0 aliphatic heterocycles. The Kier molecular flexibility index (Phi) is 10.2. The van der Waals surface area contributed by atoms with Gasteiger partial charge < -0.3 is 30.0 Å². The number of nitrogens with two attached hydrogens (primary N) is 1. The van der Waals surface area contributed by atoms with Crippen LogP contribution in [-0.2, 0) is 16.2 Å². The first-order chi connectivity index (χ1) is 20.4. The molecule has 0 unspecified atom stereocenters. The molecule has 230 valence electrons. The molecule has 3 heterocycles. The van der Waals surface area contributed by atoms with Gasteiger partial charge in [0.25, 0.3) is 5.91 Å². The van der Waals surface area contributed by atoms with Crippen molar-refractivity contribution in [2.75, 3.05) is 25.1 Å². The van der Waals surface area contributed by atoms with Gasteiger partial charge in [0.05, 0.1) is 28.8 Å². The lowest BCUT2D eigenvalue weighted by Gasteiger charge is -2.18. The second-order valence-corrected chi connectivity index (χ2v) is 16.4. The quantitative estimate of drug-likeness (QED) is 0.145. The average Bonchev–Trinajstić information content (AvgIpc) is 3.53. The summed E-state index contributed by atoms with van der Waals surface area (Å²) in [6.45, 7) is 3.48. The SMILES string of the molecule is C[Si](C)(C)CCOCn1ncc(NC(=O)c2cnn3cccnc23)c1-c1cc(OCCOC(N)=O)c(Cl)cc1OC(F)F. The van der Waals surface area contributed by atoms with Crippen LogP contribution in [0.3, 0.4) is 0 Å². The van der Waals surface area contributed by atoms with Crippen LogP contribution in [0.1, 0.15) is 10.4 Å². The number of nitrogens with one attached hydrogen (secondary N) is 1. The molecule has 0 aliphatic carbocycles. The van der Waals surface area contributed by atoms with Gasteiger partial charge in [-0.25, -0.2) is 19.0 Å². The number of primary amides is 1. The van der Waals surface area contributed by atoms with Crippen molar-refractivity contribution >= 4 is 43.0 Å². The molecule has 1 aromatic carbocycles. The fraction of sp³-hybridized carbons (Fsp3) is 0.346. The van der Waals surface area contributed by atoms with Gasteiger partial charge >= 0.3 is 12.7 Å². The first-order valence-electron chi connectivity index (χ1n) is 13.0. The Morgan fingerprint density at radius 2 is 1.91 bits per heavy atom. The summed E-state index contributed by atoms with van der Waals surface area (Å²) in [5, 5.41) is 11.2. The Hall–Kier alpha value is -4.28. The fourth-order valence-electron chi connectivity index (χ4n) is 3.88. The summed E-state index contributed by atoms with van der Waals surface area (Å²) in [6.07, 6.45) is 4.88. The van der Waals surface area contributed by atoms with Crippen LogP contribution in [0.4, 0.5) is 19.3 Å². The lowest BCUT2D eigenvalue weighted by atomic mass is 10.1. The summed E-state index contributed by atoms with van der Waals surface area (Å²) in [5.41, 5.74) is 5.85.